The van der Waals surface area contributed by atoms with Crippen LogP contribution < -0.4 is 15.4 Å². The van der Waals surface area contributed by atoms with Crippen LogP contribution in [0.1, 0.15) is 57.5 Å². The van der Waals surface area contributed by atoms with Gasteiger partial charge in [0.05, 0.1) is 12.6 Å². The Kier molecular flexibility index (Phi) is 7.34. The Morgan fingerprint density at radius 2 is 1.74 bits per heavy atom. The van der Waals surface area contributed by atoms with Gasteiger partial charge in [-0.15, -0.1) is 0 Å². The first-order chi connectivity index (χ1) is 14.9. The maximum atomic E-state index is 13.1. The minimum atomic E-state index is -0.779. The third kappa shape index (κ3) is 5.66. The van der Waals surface area contributed by atoms with E-state index in [-0.39, 0.29) is 23.8 Å². The van der Waals surface area contributed by atoms with E-state index in [0.29, 0.717) is 30.1 Å². The second-order valence-electron chi connectivity index (χ2n) is 8.00. The molecule has 6 heteroatoms. The first kappa shape index (κ1) is 22.4. The van der Waals surface area contributed by atoms with Crippen molar-refractivity contribution in [3.05, 3.63) is 65.9 Å². The minimum Gasteiger partial charge on any atom is -0.490 e. The fourth-order valence-corrected chi connectivity index (χ4v) is 3.44. The van der Waals surface area contributed by atoms with E-state index in [1.165, 1.54) is 0 Å². The summed E-state index contributed by atoms with van der Waals surface area (Å²) in [5.74, 6) is 1.05. The van der Waals surface area contributed by atoms with Gasteiger partial charge in [-0.2, -0.15) is 0 Å². The van der Waals surface area contributed by atoms with Crippen molar-refractivity contribution >= 4 is 22.8 Å². The van der Waals surface area contributed by atoms with Gasteiger partial charge in [0.1, 0.15) is 11.8 Å². The zero-order valence-electron chi connectivity index (χ0n) is 18.5. The molecule has 0 radical (unpaired) electrons. The van der Waals surface area contributed by atoms with Crippen LogP contribution in [0, 0.1) is 5.92 Å². The van der Waals surface area contributed by atoms with Crippen molar-refractivity contribution in [2.75, 3.05) is 6.61 Å². The van der Waals surface area contributed by atoms with Gasteiger partial charge in [0.15, 0.2) is 11.3 Å². The van der Waals surface area contributed by atoms with E-state index in [4.69, 9.17) is 9.15 Å². The molecule has 6 nitrogen and oxygen atoms in total. The highest BCUT2D eigenvalue weighted by molar-refractivity contribution is 5.89. The van der Waals surface area contributed by atoms with Crippen LogP contribution in [0.3, 0.4) is 0 Å². The number of nitrogens with one attached hydrogen (secondary N) is 2. The number of amides is 2. The van der Waals surface area contributed by atoms with Gasteiger partial charge in [0.2, 0.25) is 11.8 Å². The van der Waals surface area contributed by atoms with Crippen molar-refractivity contribution in [3.8, 4) is 5.75 Å². The average molecular weight is 423 g/mol. The SMILES string of the molecule is CCOc1cccc2cc(C(C)NC(=O)C(NC(=O)CC(C)C)c3ccccc3)oc12. The molecular formula is C25H30N2O4. The lowest BCUT2D eigenvalue weighted by molar-refractivity contribution is -0.130. The molecule has 1 aromatic heterocycles. The molecule has 31 heavy (non-hydrogen) atoms. The summed E-state index contributed by atoms with van der Waals surface area (Å²) in [7, 11) is 0. The molecule has 0 aliphatic rings. The molecule has 0 aliphatic carbocycles. The van der Waals surface area contributed by atoms with Crippen LogP contribution in [0.2, 0.25) is 0 Å². The Morgan fingerprint density at radius 3 is 2.42 bits per heavy atom. The summed E-state index contributed by atoms with van der Waals surface area (Å²) in [6.45, 7) is 8.25. The van der Waals surface area contributed by atoms with E-state index in [1.54, 1.807) is 0 Å². The Bertz CT molecular complexity index is 1030. The molecule has 0 fully saturated rings. The van der Waals surface area contributed by atoms with Crippen LogP contribution in [0.5, 0.6) is 5.75 Å². The number of carbonyl (C=O) groups is 2. The summed E-state index contributed by atoms with van der Waals surface area (Å²) in [6.07, 6.45) is 0.357. The number of carbonyl (C=O) groups excluding carboxylic acids is 2. The highest BCUT2D eigenvalue weighted by atomic mass is 16.5. The molecule has 0 bridgehead atoms. The first-order valence-electron chi connectivity index (χ1n) is 10.7. The van der Waals surface area contributed by atoms with Gasteiger partial charge in [-0.25, -0.2) is 0 Å². The number of fused-ring (bicyclic) bond motifs is 1. The second kappa shape index (κ2) is 10.2. The average Bonchev–Trinajstić information content (AvgIpc) is 3.18. The van der Waals surface area contributed by atoms with E-state index in [1.807, 2.05) is 82.3 Å². The van der Waals surface area contributed by atoms with Crippen LogP contribution in [-0.4, -0.2) is 18.4 Å². The number of benzene rings is 2. The summed E-state index contributed by atoms with van der Waals surface area (Å²) in [6, 6.07) is 15.7. The molecular weight excluding hydrogens is 392 g/mol. The van der Waals surface area contributed by atoms with Gasteiger partial charge in [-0.1, -0.05) is 56.3 Å². The quantitative estimate of drug-likeness (QED) is 0.513. The smallest absolute Gasteiger partial charge is 0.247 e. The van der Waals surface area contributed by atoms with Crippen molar-refractivity contribution in [1.82, 2.24) is 10.6 Å². The van der Waals surface area contributed by atoms with Gasteiger partial charge in [0, 0.05) is 11.8 Å². The summed E-state index contributed by atoms with van der Waals surface area (Å²) in [5, 5.41) is 6.76. The number of hydrogen-bond donors (Lipinski definition) is 2. The molecule has 0 aliphatic heterocycles. The topological polar surface area (TPSA) is 80.6 Å². The third-order valence-electron chi connectivity index (χ3n) is 4.91. The number of ether oxygens (including phenoxy) is 1. The highest BCUT2D eigenvalue weighted by Gasteiger charge is 2.25. The molecule has 1 heterocycles. The third-order valence-corrected chi connectivity index (χ3v) is 4.91. The Hall–Kier alpha value is -3.28. The maximum Gasteiger partial charge on any atom is 0.247 e. The van der Waals surface area contributed by atoms with Gasteiger partial charge >= 0.3 is 0 Å². The molecule has 2 amide bonds. The number of hydrogen-bond acceptors (Lipinski definition) is 4. The largest absolute Gasteiger partial charge is 0.490 e. The summed E-state index contributed by atoms with van der Waals surface area (Å²) in [4.78, 5) is 25.5. The lowest BCUT2D eigenvalue weighted by Crippen LogP contribution is -2.41. The van der Waals surface area contributed by atoms with E-state index in [0.717, 1.165) is 10.9 Å². The lowest BCUT2D eigenvalue weighted by Gasteiger charge is -2.21. The van der Waals surface area contributed by atoms with Gasteiger partial charge in [-0.05, 0) is 37.5 Å². The van der Waals surface area contributed by atoms with Crippen LogP contribution in [0.4, 0.5) is 0 Å². The molecule has 3 rings (SSSR count). The Morgan fingerprint density at radius 1 is 1.00 bits per heavy atom. The standard InChI is InChI=1S/C25H30N2O4/c1-5-30-20-13-9-12-19-15-21(31-24(19)20)17(4)26-25(29)23(18-10-7-6-8-11-18)27-22(28)14-16(2)3/h6-13,15-17,23H,5,14H2,1-4H3,(H,26,29)(H,27,28). The fourth-order valence-electron chi connectivity index (χ4n) is 3.44. The summed E-state index contributed by atoms with van der Waals surface area (Å²) in [5.41, 5.74) is 1.39. The second-order valence-corrected chi connectivity index (χ2v) is 8.00. The summed E-state index contributed by atoms with van der Waals surface area (Å²) >= 11 is 0. The zero-order valence-corrected chi connectivity index (χ0v) is 18.5. The molecule has 0 saturated carbocycles. The van der Waals surface area contributed by atoms with E-state index in [2.05, 4.69) is 10.6 Å². The van der Waals surface area contributed by atoms with Crippen LogP contribution in [-0.2, 0) is 9.59 Å². The normalized spacial score (nSPS) is 13.1. The van der Waals surface area contributed by atoms with Crippen LogP contribution in [0.15, 0.2) is 59.0 Å². The monoisotopic (exact) mass is 422 g/mol. The molecule has 0 saturated heterocycles. The van der Waals surface area contributed by atoms with Gasteiger partial charge in [-0.3, -0.25) is 9.59 Å². The van der Waals surface area contributed by atoms with Crippen molar-refractivity contribution in [1.29, 1.82) is 0 Å². The summed E-state index contributed by atoms with van der Waals surface area (Å²) < 4.78 is 11.6. The predicted octanol–water partition coefficient (Wildman–Crippen LogP) is 4.91. The number of rotatable bonds is 9. The molecule has 164 valence electrons. The molecule has 0 spiro atoms. The van der Waals surface area contributed by atoms with E-state index < -0.39 is 6.04 Å². The number of furan rings is 1. The van der Waals surface area contributed by atoms with Crippen molar-refractivity contribution in [2.24, 2.45) is 5.92 Å². The minimum absolute atomic E-state index is 0.156. The van der Waals surface area contributed by atoms with Gasteiger partial charge in [0.25, 0.3) is 0 Å². The first-order valence-corrected chi connectivity index (χ1v) is 10.7. The fraction of sp³-hybridized carbons (Fsp3) is 0.360. The van der Waals surface area contributed by atoms with Crippen molar-refractivity contribution in [3.63, 3.8) is 0 Å². The van der Waals surface area contributed by atoms with Gasteiger partial charge < -0.3 is 19.8 Å². The molecule has 2 aromatic carbocycles. The lowest BCUT2D eigenvalue weighted by atomic mass is 10.0. The van der Waals surface area contributed by atoms with E-state index in [9.17, 15) is 9.59 Å². The van der Waals surface area contributed by atoms with Crippen molar-refractivity contribution < 1.29 is 18.7 Å². The molecule has 2 N–H and O–H groups in total. The predicted molar refractivity (Wildman–Crippen MR) is 121 cm³/mol. The molecule has 2 atom stereocenters. The van der Waals surface area contributed by atoms with E-state index >= 15 is 0 Å². The maximum absolute atomic E-state index is 13.1. The highest BCUT2D eigenvalue weighted by Crippen LogP contribution is 2.31. The molecule has 2 unspecified atom stereocenters. The number of para-hydroxylation sites is 1. The van der Waals surface area contributed by atoms with Crippen LogP contribution >= 0.6 is 0 Å². The Labute approximate surface area is 183 Å². The zero-order chi connectivity index (χ0) is 22.4. The molecule has 3 aromatic rings. The van der Waals surface area contributed by atoms with Crippen LogP contribution in [0.25, 0.3) is 11.0 Å². The van der Waals surface area contributed by atoms with Crippen molar-refractivity contribution in [2.45, 2.75) is 46.2 Å². The Balaban J connectivity index is 1.80.